The Kier molecular flexibility index (Phi) is 2.72. The predicted octanol–water partition coefficient (Wildman–Crippen LogP) is 1.09. The molecule has 0 saturated heterocycles. The zero-order valence-electron chi connectivity index (χ0n) is 8.79. The Morgan fingerprint density at radius 3 is 3.25 bits per heavy atom. The van der Waals surface area contributed by atoms with Crippen molar-refractivity contribution in [2.24, 2.45) is 0 Å². The van der Waals surface area contributed by atoms with E-state index in [9.17, 15) is 4.79 Å². The first kappa shape index (κ1) is 10.4. The first-order valence-corrected chi connectivity index (χ1v) is 4.91. The highest BCUT2D eigenvalue weighted by molar-refractivity contribution is 5.74. The molecule has 1 unspecified atom stereocenters. The van der Waals surface area contributed by atoms with Gasteiger partial charge in [0.25, 0.3) is 0 Å². The molecular weight excluding hydrogens is 208 g/mol. The van der Waals surface area contributed by atoms with Gasteiger partial charge in [0.15, 0.2) is 0 Å². The summed E-state index contributed by atoms with van der Waals surface area (Å²) < 4.78 is 1.90. The summed E-state index contributed by atoms with van der Waals surface area (Å²) >= 11 is 0. The second-order valence-corrected chi connectivity index (χ2v) is 3.62. The standard InChI is InChI=1S/C10H12N4O2/c1-7(13-10(15)16)5-14-3-2-8-4-11-6-12-9(8)14/h2-4,6-7,13H,5H2,1H3,(H,15,16). The van der Waals surface area contributed by atoms with Gasteiger partial charge in [-0.15, -0.1) is 0 Å². The van der Waals surface area contributed by atoms with Gasteiger partial charge in [0.2, 0.25) is 0 Å². The summed E-state index contributed by atoms with van der Waals surface area (Å²) in [6.45, 7) is 2.36. The molecule has 2 aromatic heterocycles. The molecule has 0 aliphatic carbocycles. The number of hydrogen-bond acceptors (Lipinski definition) is 3. The average molecular weight is 220 g/mol. The number of rotatable bonds is 3. The average Bonchev–Trinajstić information content (AvgIpc) is 2.61. The van der Waals surface area contributed by atoms with Crippen molar-refractivity contribution in [2.45, 2.75) is 19.5 Å². The van der Waals surface area contributed by atoms with E-state index in [-0.39, 0.29) is 6.04 Å². The Labute approximate surface area is 91.9 Å². The van der Waals surface area contributed by atoms with E-state index in [0.29, 0.717) is 6.54 Å². The first-order chi connectivity index (χ1) is 7.66. The molecule has 0 fully saturated rings. The van der Waals surface area contributed by atoms with Gasteiger partial charge in [-0.3, -0.25) is 0 Å². The number of carboxylic acid groups (broad SMARTS) is 1. The lowest BCUT2D eigenvalue weighted by Gasteiger charge is -2.12. The van der Waals surface area contributed by atoms with E-state index in [0.717, 1.165) is 11.0 Å². The third kappa shape index (κ3) is 2.10. The molecule has 0 radical (unpaired) electrons. The number of hydrogen-bond donors (Lipinski definition) is 2. The topological polar surface area (TPSA) is 80.0 Å². The number of nitrogens with zero attached hydrogens (tertiary/aromatic N) is 3. The Balaban J connectivity index is 2.18. The van der Waals surface area contributed by atoms with Crippen LogP contribution in [-0.4, -0.2) is 31.8 Å². The molecule has 0 spiro atoms. The summed E-state index contributed by atoms with van der Waals surface area (Å²) in [5, 5.41) is 11.9. The fraction of sp³-hybridized carbons (Fsp3) is 0.300. The Bertz CT molecular complexity index is 508. The predicted molar refractivity (Wildman–Crippen MR) is 58.2 cm³/mol. The van der Waals surface area contributed by atoms with E-state index < -0.39 is 6.09 Å². The van der Waals surface area contributed by atoms with Crippen LogP contribution in [0.15, 0.2) is 24.8 Å². The second-order valence-electron chi connectivity index (χ2n) is 3.62. The van der Waals surface area contributed by atoms with Crippen LogP contribution in [0.1, 0.15) is 6.92 Å². The summed E-state index contributed by atoms with van der Waals surface area (Å²) in [6, 6.07) is 1.74. The van der Waals surface area contributed by atoms with Gasteiger partial charge in [-0.05, 0) is 13.0 Å². The van der Waals surface area contributed by atoms with Crippen molar-refractivity contribution in [1.82, 2.24) is 19.9 Å². The van der Waals surface area contributed by atoms with Crippen LogP contribution in [0.3, 0.4) is 0 Å². The highest BCUT2D eigenvalue weighted by Crippen LogP contribution is 2.11. The quantitative estimate of drug-likeness (QED) is 0.811. The lowest BCUT2D eigenvalue weighted by molar-refractivity contribution is 0.189. The molecule has 2 rings (SSSR count). The van der Waals surface area contributed by atoms with Crippen molar-refractivity contribution in [3.63, 3.8) is 0 Å². The number of nitrogens with one attached hydrogen (secondary N) is 1. The van der Waals surface area contributed by atoms with Crippen LogP contribution in [0.25, 0.3) is 11.0 Å². The Hall–Kier alpha value is -2.11. The molecule has 1 amide bonds. The normalized spacial score (nSPS) is 12.6. The molecule has 2 aromatic rings. The second kappa shape index (κ2) is 4.18. The molecule has 0 aliphatic heterocycles. The lowest BCUT2D eigenvalue weighted by atomic mass is 10.3. The van der Waals surface area contributed by atoms with Crippen LogP contribution in [0.5, 0.6) is 0 Å². The number of amides is 1. The maximum Gasteiger partial charge on any atom is 0.404 e. The van der Waals surface area contributed by atoms with Crippen LogP contribution < -0.4 is 5.32 Å². The summed E-state index contributed by atoms with van der Waals surface area (Å²) in [5.74, 6) is 0. The van der Waals surface area contributed by atoms with Gasteiger partial charge < -0.3 is 15.0 Å². The van der Waals surface area contributed by atoms with E-state index in [4.69, 9.17) is 5.11 Å². The van der Waals surface area contributed by atoms with Gasteiger partial charge in [0, 0.05) is 30.4 Å². The van der Waals surface area contributed by atoms with E-state index in [2.05, 4.69) is 15.3 Å². The Morgan fingerprint density at radius 1 is 1.69 bits per heavy atom. The van der Waals surface area contributed by atoms with E-state index >= 15 is 0 Å². The van der Waals surface area contributed by atoms with Gasteiger partial charge in [0.05, 0.1) is 0 Å². The minimum Gasteiger partial charge on any atom is -0.465 e. The van der Waals surface area contributed by atoms with Crippen LogP contribution in [0, 0.1) is 0 Å². The maximum absolute atomic E-state index is 10.5. The molecule has 6 nitrogen and oxygen atoms in total. The van der Waals surface area contributed by atoms with Crippen LogP contribution >= 0.6 is 0 Å². The van der Waals surface area contributed by atoms with Crippen LogP contribution in [-0.2, 0) is 6.54 Å². The fourth-order valence-corrected chi connectivity index (χ4v) is 1.63. The van der Waals surface area contributed by atoms with Crippen molar-refractivity contribution in [2.75, 3.05) is 0 Å². The van der Waals surface area contributed by atoms with Gasteiger partial charge in [-0.2, -0.15) is 0 Å². The molecule has 2 N–H and O–H groups in total. The largest absolute Gasteiger partial charge is 0.465 e. The van der Waals surface area contributed by atoms with Crippen molar-refractivity contribution in [3.8, 4) is 0 Å². The highest BCUT2D eigenvalue weighted by Gasteiger charge is 2.08. The van der Waals surface area contributed by atoms with Crippen LogP contribution in [0.2, 0.25) is 0 Å². The van der Waals surface area contributed by atoms with Crippen LogP contribution in [0.4, 0.5) is 4.79 Å². The summed E-state index contributed by atoms with van der Waals surface area (Å²) in [5.41, 5.74) is 0.814. The SMILES string of the molecule is CC(Cn1ccc2cncnc21)NC(=O)O. The maximum atomic E-state index is 10.5. The third-order valence-corrected chi connectivity index (χ3v) is 2.27. The van der Waals surface area contributed by atoms with Crippen molar-refractivity contribution in [1.29, 1.82) is 0 Å². The zero-order chi connectivity index (χ0) is 11.5. The fourth-order valence-electron chi connectivity index (χ4n) is 1.63. The minimum atomic E-state index is -1.02. The van der Waals surface area contributed by atoms with Gasteiger partial charge in [0.1, 0.15) is 12.0 Å². The summed E-state index contributed by atoms with van der Waals surface area (Å²) in [6.07, 6.45) is 4.07. The molecule has 0 saturated carbocycles. The molecule has 0 aliphatic rings. The molecule has 1 atom stereocenters. The number of fused-ring (bicyclic) bond motifs is 1. The monoisotopic (exact) mass is 220 g/mol. The molecule has 2 heterocycles. The molecule has 0 bridgehead atoms. The number of aromatic nitrogens is 3. The Morgan fingerprint density at radius 2 is 2.50 bits per heavy atom. The van der Waals surface area contributed by atoms with Crippen molar-refractivity contribution in [3.05, 3.63) is 24.8 Å². The molecule has 84 valence electrons. The molecular formula is C10H12N4O2. The third-order valence-electron chi connectivity index (χ3n) is 2.27. The lowest BCUT2D eigenvalue weighted by Crippen LogP contribution is -2.34. The van der Waals surface area contributed by atoms with Gasteiger partial charge >= 0.3 is 6.09 Å². The van der Waals surface area contributed by atoms with E-state index in [1.165, 1.54) is 6.33 Å². The number of carbonyl (C=O) groups is 1. The summed E-state index contributed by atoms with van der Waals surface area (Å²) in [7, 11) is 0. The highest BCUT2D eigenvalue weighted by atomic mass is 16.4. The van der Waals surface area contributed by atoms with Crippen molar-refractivity contribution >= 4 is 17.1 Å². The molecule has 6 heteroatoms. The van der Waals surface area contributed by atoms with Crippen molar-refractivity contribution < 1.29 is 9.90 Å². The van der Waals surface area contributed by atoms with Gasteiger partial charge in [-0.25, -0.2) is 14.8 Å². The zero-order valence-corrected chi connectivity index (χ0v) is 8.79. The molecule has 16 heavy (non-hydrogen) atoms. The first-order valence-electron chi connectivity index (χ1n) is 4.91. The van der Waals surface area contributed by atoms with E-state index in [1.54, 1.807) is 13.1 Å². The smallest absolute Gasteiger partial charge is 0.404 e. The van der Waals surface area contributed by atoms with E-state index in [1.807, 2.05) is 16.8 Å². The minimum absolute atomic E-state index is 0.164. The summed E-state index contributed by atoms with van der Waals surface area (Å²) in [4.78, 5) is 18.5. The van der Waals surface area contributed by atoms with Gasteiger partial charge in [-0.1, -0.05) is 0 Å². The molecule has 0 aromatic carbocycles.